The van der Waals surface area contributed by atoms with Crippen molar-refractivity contribution in [2.24, 2.45) is 11.8 Å². The van der Waals surface area contributed by atoms with Crippen LogP contribution in [0.15, 0.2) is 0 Å². The number of carbonyl (C=O) groups is 1. The van der Waals surface area contributed by atoms with E-state index >= 15 is 0 Å². The zero-order valence-corrected chi connectivity index (χ0v) is 12.3. The van der Waals surface area contributed by atoms with Crippen molar-refractivity contribution in [2.75, 3.05) is 19.7 Å². The van der Waals surface area contributed by atoms with Gasteiger partial charge in [-0.05, 0) is 44.1 Å². The Morgan fingerprint density at radius 1 is 1.50 bits per heavy atom. The summed E-state index contributed by atoms with van der Waals surface area (Å²) in [5, 5.41) is 15.2. The molecule has 0 spiro atoms. The molecule has 4 nitrogen and oxygen atoms in total. The van der Waals surface area contributed by atoms with Crippen LogP contribution in [0.3, 0.4) is 0 Å². The number of nitrogens with one attached hydrogen (secondary N) is 2. The van der Waals surface area contributed by atoms with Crippen LogP contribution in [0.1, 0.15) is 39.5 Å². The zero-order chi connectivity index (χ0) is 12.7. The molecule has 1 aliphatic rings. The van der Waals surface area contributed by atoms with Gasteiger partial charge in [0.1, 0.15) is 0 Å². The summed E-state index contributed by atoms with van der Waals surface area (Å²) in [5.74, 6) is 1.12. The Hall–Kier alpha value is -0.320. The minimum Gasteiger partial charge on any atom is -0.396 e. The van der Waals surface area contributed by atoms with Crippen molar-refractivity contribution >= 4 is 18.3 Å². The summed E-state index contributed by atoms with van der Waals surface area (Å²) in [6.45, 7) is 6.18. The fourth-order valence-corrected chi connectivity index (χ4v) is 2.43. The number of amides is 1. The normalized spacial score (nSPS) is 20.6. The highest BCUT2D eigenvalue weighted by Gasteiger charge is 2.22. The van der Waals surface area contributed by atoms with Gasteiger partial charge in [0.25, 0.3) is 0 Å². The summed E-state index contributed by atoms with van der Waals surface area (Å²) >= 11 is 0. The highest BCUT2D eigenvalue weighted by molar-refractivity contribution is 5.85. The molecule has 0 aromatic carbocycles. The molecule has 0 saturated carbocycles. The Morgan fingerprint density at radius 2 is 2.22 bits per heavy atom. The van der Waals surface area contributed by atoms with Gasteiger partial charge in [-0.3, -0.25) is 4.79 Å². The van der Waals surface area contributed by atoms with Gasteiger partial charge in [0, 0.05) is 13.2 Å². The van der Waals surface area contributed by atoms with Crippen molar-refractivity contribution in [3.8, 4) is 0 Å². The van der Waals surface area contributed by atoms with Crippen LogP contribution in [-0.2, 0) is 4.79 Å². The summed E-state index contributed by atoms with van der Waals surface area (Å²) in [5.41, 5.74) is 0. The number of hydrogen-bond donors (Lipinski definition) is 3. The Labute approximate surface area is 116 Å². The third-order valence-corrected chi connectivity index (χ3v) is 3.28. The van der Waals surface area contributed by atoms with Gasteiger partial charge in [0.2, 0.25) is 5.91 Å². The first-order valence-corrected chi connectivity index (χ1v) is 6.75. The van der Waals surface area contributed by atoms with Crippen molar-refractivity contribution in [3.05, 3.63) is 0 Å². The lowest BCUT2D eigenvalue weighted by Crippen LogP contribution is -2.42. The van der Waals surface area contributed by atoms with Crippen molar-refractivity contribution in [2.45, 2.75) is 45.6 Å². The van der Waals surface area contributed by atoms with Crippen LogP contribution in [0.5, 0.6) is 0 Å². The zero-order valence-electron chi connectivity index (χ0n) is 11.4. The topological polar surface area (TPSA) is 61.4 Å². The standard InChI is InChI=1S/C13H26N2O2.ClH/c1-10(2)8-11(5-7-16)9-15-13(17)12-4-3-6-14-12;/h10-12,14,16H,3-9H2,1-2H3,(H,15,17);1H. The van der Waals surface area contributed by atoms with Crippen LogP contribution >= 0.6 is 12.4 Å². The fraction of sp³-hybridized carbons (Fsp3) is 0.923. The molecule has 2 unspecified atom stereocenters. The Bertz CT molecular complexity index is 231. The van der Waals surface area contributed by atoms with Gasteiger partial charge < -0.3 is 15.7 Å². The first-order valence-electron chi connectivity index (χ1n) is 6.75. The largest absolute Gasteiger partial charge is 0.396 e. The number of halogens is 1. The second-order valence-electron chi connectivity index (χ2n) is 5.40. The number of hydrogen-bond acceptors (Lipinski definition) is 3. The number of aliphatic hydroxyl groups is 1. The molecule has 2 atom stereocenters. The van der Waals surface area contributed by atoms with Crippen molar-refractivity contribution < 1.29 is 9.90 Å². The van der Waals surface area contributed by atoms with Crippen LogP contribution < -0.4 is 10.6 Å². The SMILES string of the molecule is CC(C)CC(CCO)CNC(=O)C1CCCN1.Cl. The first kappa shape index (κ1) is 17.7. The van der Waals surface area contributed by atoms with Gasteiger partial charge in [-0.15, -0.1) is 12.4 Å². The lowest BCUT2D eigenvalue weighted by molar-refractivity contribution is -0.123. The fourth-order valence-electron chi connectivity index (χ4n) is 2.43. The van der Waals surface area contributed by atoms with Gasteiger partial charge in [-0.25, -0.2) is 0 Å². The van der Waals surface area contributed by atoms with Crippen LogP contribution in [0.25, 0.3) is 0 Å². The Balaban J connectivity index is 0.00000289. The third kappa shape index (κ3) is 6.57. The molecule has 1 amide bonds. The van der Waals surface area contributed by atoms with Crippen LogP contribution in [-0.4, -0.2) is 36.8 Å². The molecule has 1 fully saturated rings. The van der Waals surface area contributed by atoms with E-state index in [0.29, 0.717) is 18.4 Å². The van der Waals surface area contributed by atoms with E-state index in [0.717, 1.165) is 32.2 Å². The van der Waals surface area contributed by atoms with Crippen molar-refractivity contribution in [3.63, 3.8) is 0 Å². The molecule has 0 aliphatic carbocycles. The monoisotopic (exact) mass is 278 g/mol. The maximum atomic E-state index is 11.8. The molecule has 1 saturated heterocycles. The summed E-state index contributed by atoms with van der Waals surface area (Å²) in [6.07, 6.45) is 3.86. The van der Waals surface area contributed by atoms with E-state index in [9.17, 15) is 4.79 Å². The van der Waals surface area contributed by atoms with E-state index in [2.05, 4.69) is 24.5 Å². The van der Waals surface area contributed by atoms with Crippen molar-refractivity contribution in [1.29, 1.82) is 0 Å². The molecule has 5 heteroatoms. The molecule has 1 heterocycles. The number of aliphatic hydroxyl groups excluding tert-OH is 1. The molecular formula is C13H27ClN2O2. The minimum absolute atomic E-state index is 0. The smallest absolute Gasteiger partial charge is 0.237 e. The summed E-state index contributed by atoms with van der Waals surface area (Å²) in [4.78, 5) is 11.8. The third-order valence-electron chi connectivity index (χ3n) is 3.28. The van der Waals surface area contributed by atoms with Crippen molar-refractivity contribution in [1.82, 2.24) is 10.6 Å². The van der Waals surface area contributed by atoms with Gasteiger partial charge in [0.05, 0.1) is 6.04 Å². The van der Waals surface area contributed by atoms with Crippen LogP contribution in [0.4, 0.5) is 0 Å². The molecule has 0 radical (unpaired) electrons. The maximum absolute atomic E-state index is 11.8. The molecule has 1 rings (SSSR count). The van der Waals surface area contributed by atoms with E-state index in [-0.39, 0.29) is 31.0 Å². The molecule has 0 aromatic rings. The molecular weight excluding hydrogens is 252 g/mol. The summed E-state index contributed by atoms with van der Waals surface area (Å²) in [7, 11) is 0. The molecule has 0 aromatic heterocycles. The van der Waals surface area contributed by atoms with E-state index in [4.69, 9.17) is 5.11 Å². The predicted octanol–water partition coefficient (Wildman–Crippen LogP) is 1.32. The average Bonchev–Trinajstić information content (AvgIpc) is 2.78. The molecule has 3 N–H and O–H groups in total. The first-order chi connectivity index (χ1) is 8.13. The van der Waals surface area contributed by atoms with Gasteiger partial charge >= 0.3 is 0 Å². The average molecular weight is 279 g/mol. The molecule has 108 valence electrons. The maximum Gasteiger partial charge on any atom is 0.237 e. The molecule has 0 bridgehead atoms. The molecule has 18 heavy (non-hydrogen) atoms. The minimum atomic E-state index is 0. The highest BCUT2D eigenvalue weighted by Crippen LogP contribution is 2.14. The summed E-state index contributed by atoms with van der Waals surface area (Å²) in [6, 6.07) is 0.00354. The van der Waals surface area contributed by atoms with Crippen LogP contribution in [0.2, 0.25) is 0 Å². The summed E-state index contributed by atoms with van der Waals surface area (Å²) < 4.78 is 0. The highest BCUT2D eigenvalue weighted by atomic mass is 35.5. The van der Waals surface area contributed by atoms with Gasteiger partial charge in [0.15, 0.2) is 0 Å². The van der Waals surface area contributed by atoms with E-state index in [1.807, 2.05) is 0 Å². The lowest BCUT2D eigenvalue weighted by atomic mass is 9.94. The van der Waals surface area contributed by atoms with E-state index < -0.39 is 0 Å². The number of rotatable bonds is 7. The lowest BCUT2D eigenvalue weighted by Gasteiger charge is -2.20. The van der Waals surface area contributed by atoms with E-state index in [1.54, 1.807) is 0 Å². The Morgan fingerprint density at radius 3 is 2.72 bits per heavy atom. The quantitative estimate of drug-likeness (QED) is 0.658. The van der Waals surface area contributed by atoms with Gasteiger partial charge in [-0.2, -0.15) is 0 Å². The van der Waals surface area contributed by atoms with E-state index in [1.165, 1.54) is 0 Å². The second kappa shape index (κ2) is 9.59. The van der Waals surface area contributed by atoms with Gasteiger partial charge in [-0.1, -0.05) is 13.8 Å². The number of carbonyl (C=O) groups excluding carboxylic acids is 1. The Kier molecular flexibility index (Phi) is 9.42. The second-order valence-corrected chi connectivity index (χ2v) is 5.40. The predicted molar refractivity (Wildman–Crippen MR) is 75.9 cm³/mol. The molecule has 1 aliphatic heterocycles. The van der Waals surface area contributed by atoms with Crippen LogP contribution in [0, 0.1) is 11.8 Å².